The zero-order valence-electron chi connectivity index (χ0n) is 20.7. The fourth-order valence-electron chi connectivity index (χ4n) is 6.25. The number of carbonyl (C=O) groups is 3. The summed E-state index contributed by atoms with van der Waals surface area (Å²) in [6, 6.07) is 3.26. The number of nitrogens with one attached hydrogen (secondary N) is 3. The summed E-state index contributed by atoms with van der Waals surface area (Å²) in [4.78, 5) is 43.2. The quantitative estimate of drug-likeness (QED) is 0.454. The molecule has 2 aliphatic heterocycles. The van der Waals surface area contributed by atoms with Crippen LogP contribution in [0.4, 0.5) is 17.6 Å². The number of rotatable bonds is 6. The van der Waals surface area contributed by atoms with Gasteiger partial charge in [0, 0.05) is 42.8 Å². The van der Waals surface area contributed by atoms with Crippen LogP contribution in [-0.4, -0.2) is 58.7 Å². The number of aromatic nitrogens is 1. The molecule has 0 bridgehead atoms. The number of nitriles is 1. The van der Waals surface area contributed by atoms with E-state index in [-0.39, 0.29) is 46.1 Å². The van der Waals surface area contributed by atoms with Crippen LogP contribution in [0.15, 0.2) is 18.2 Å². The van der Waals surface area contributed by atoms with E-state index in [2.05, 4.69) is 15.6 Å². The van der Waals surface area contributed by atoms with Crippen molar-refractivity contribution in [3.63, 3.8) is 0 Å². The van der Waals surface area contributed by atoms with Gasteiger partial charge < -0.3 is 20.5 Å². The zero-order valence-corrected chi connectivity index (χ0v) is 21.4. The van der Waals surface area contributed by atoms with Gasteiger partial charge in [-0.05, 0) is 43.2 Å². The van der Waals surface area contributed by atoms with Crippen LogP contribution >= 0.6 is 11.6 Å². The second-order valence-corrected chi connectivity index (χ2v) is 11.0. The summed E-state index contributed by atoms with van der Waals surface area (Å²) in [5, 5.41) is 15.1. The number of halogens is 5. The van der Waals surface area contributed by atoms with Crippen LogP contribution in [0.25, 0.3) is 10.9 Å². The highest BCUT2D eigenvalue weighted by Crippen LogP contribution is 2.50. The Morgan fingerprint density at radius 1 is 1.28 bits per heavy atom. The summed E-state index contributed by atoms with van der Waals surface area (Å²) in [5.74, 6) is -6.70. The van der Waals surface area contributed by atoms with Crippen molar-refractivity contribution in [2.75, 3.05) is 13.1 Å². The smallest absolute Gasteiger partial charge is 0.271 e. The van der Waals surface area contributed by atoms with E-state index >= 15 is 0 Å². The van der Waals surface area contributed by atoms with Crippen LogP contribution < -0.4 is 10.6 Å². The van der Waals surface area contributed by atoms with Crippen LogP contribution in [0.5, 0.6) is 0 Å². The van der Waals surface area contributed by atoms with Gasteiger partial charge in [0.25, 0.3) is 12.3 Å². The first-order valence-corrected chi connectivity index (χ1v) is 13.1. The van der Waals surface area contributed by atoms with Gasteiger partial charge in [-0.15, -0.1) is 0 Å². The first-order valence-electron chi connectivity index (χ1n) is 12.7. The van der Waals surface area contributed by atoms with Crippen molar-refractivity contribution in [3.8, 4) is 6.07 Å². The molecule has 1 saturated carbocycles. The summed E-state index contributed by atoms with van der Waals surface area (Å²) >= 11 is 6.16. The number of hydrogen-bond acceptors (Lipinski definition) is 4. The molecule has 3 amide bonds. The maximum absolute atomic E-state index is 14.3. The zero-order chi connectivity index (χ0) is 28.1. The standard InChI is InChI=1S/C26H26ClF4N5O3/c27-18-4-3-15(22(28)29)16-7-19(35-20(16)18)25(39)36-11-13-8-26(30,31)9-17(13)21(36)24(38)34-14(10-32)6-12-2-1-5-33-23(12)37/h3-4,7,12-14,17,21-22,35H,1-2,5-6,8-9,11H2,(H,33,37)(H,34,38)/t12-,13+,14+,17+,21+/m1/s1. The van der Waals surface area contributed by atoms with E-state index in [1.165, 1.54) is 17.0 Å². The molecule has 8 nitrogen and oxygen atoms in total. The number of benzene rings is 1. The third kappa shape index (κ3) is 5.16. The van der Waals surface area contributed by atoms with Crippen molar-refractivity contribution >= 4 is 40.2 Å². The predicted molar refractivity (Wildman–Crippen MR) is 132 cm³/mol. The number of aromatic amines is 1. The molecule has 2 aromatic rings. The number of hydrogen-bond donors (Lipinski definition) is 3. The average Bonchev–Trinajstić information content (AvgIpc) is 3.54. The van der Waals surface area contributed by atoms with Crippen LogP contribution in [0.2, 0.25) is 5.02 Å². The number of H-pyrrole nitrogens is 1. The van der Waals surface area contributed by atoms with Gasteiger partial charge in [-0.3, -0.25) is 14.4 Å². The molecule has 0 spiro atoms. The number of amides is 3. The minimum Gasteiger partial charge on any atom is -0.356 e. The minimum absolute atomic E-state index is 0.0445. The highest BCUT2D eigenvalue weighted by atomic mass is 35.5. The molecule has 3 heterocycles. The van der Waals surface area contributed by atoms with E-state index in [0.717, 1.165) is 12.5 Å². The Kier molecular flexibility index (Phi) is 7.22. The number of alkyl halides is 4. The van der Waals surface area contributed by atoms with Crippen molar-refractivity contribution in [1.82, 2.24) is 20.5 Å². The molecule has 5 atom stereocenters. The maximum atomic E-state index is 14.3. The first kappa shape index (κ1) is 27.2. The molecule has 3 N–H and O–H groups in total. The fourth-order valence-corrected chi connectivity index (χ4v) is 6.47. The summed E-state index contributed by atoms with van der Waals surface area (Å²) < 4.78 is 55.7. The van der Waals surface area contributed by atoms with Crippen molar-refractivity contribution in [2.24, 2.45) is 17.8 Å². The van der Waals surface area contributed by atoms with Crippen LogP contribution in [0, 0.1) is 29.1 Å². The summed E-state index contributed by atoms with van der Waals surface area (Å²) in [6.45, 7) is 0.400. The molecule has 1 aliphatic carbocycles. The molecule has 13 heteroatoms. The van der Waals surface area contributed by atoms with E-state index in [1.807, 2.05) is 6.07 Å². The average molecular weight is 568 g/mol. The molecule has 0 unspecified atom stereocenters. The SMILES string of the molecule is N#C[C@H](C[C@H]1CCCNC1=O)NC(=O)[C@@H]1[C@H]2CC(F)(F)C[C@H]2CN1C(=O)c1cc2c(C(F)F)ccc(Cl)c2[nH]1. The first-order chi connectivity index (χ1) is 18.5. The van der Waals surface area contributed by atoms with Crippen LogP contribution in [0.3, 0.4) is 0 Å². The van der Waals surface area contributed by atoms with Crippen molar-refractivity contribution in [1.29, 1.82) is 5.26 Å². The lowest BCUT2D eigenvalue weighted by atomic mass is 9.90. The number of carbonyl (C=O) groups excluding carboxylic acids is 3. The summed E-state index contributed by atoms with van der Waals surface area (Å²) in [6.07, 6.45) is -2.60. The second kappa shape index (κ2) is 10.3. The molecule has 1 aromatic carbocycles. The minimum atomic E-state index is -3.00. The molecule has 0 radical (unpaired) electrons. The van der Waals surface area contributed by atoms with E-state index in [0.29, 0.717) is 13.0 Å². The van der Waals surface area contributed by atoms with Gasteiger partial charge in [-0.1, -0.05) is 17.7 Å². The van der Waals surface area contributed by atoms with Gasteiger partial charge >= 0.3 is 0 Å². The van der Waals surface area contributed by atoms with Crippen molar-refractivity contribution < 1.29 is 31.9 Å². The lowest BCUT2D eigenvalue weighted by molar-refractivity contribution is -0.129. The monoisotopic (exact) mass is 567 g/mol. The third-order valence-corrected chi connectivity index (χ3v) is 8.35. The van der Waals surface area contributed by atoms with Gasteiger partial charge in [0.05, 0.1) is 16.6 Å². The normalized spacial score (nSPS) is 26.8. The van der Waals surface area contributed by atoms with E-state index in [9.17, 15) is 37.2 Å². The van der Waals surface area contributed by atoms with E-state index < -0.39 is 66.8 Å². The molecular weight excluding hydrogens is 542 g/mol. The Hall–Kier alpha value is -3.33. The van der Waals surface area contributed by atoms with E-state index in [4.69, 9.17) is 11.6 Å². The molecule has 3 fully saturated rings. The lowest BCUT2D eigenvalue weighted by Gasteiger charge is -2.29. The number of piperidine rings is 1. The molecule has 2 saturated heterocycles. The third-order valence-electron chi connectivity index (χ3n) is 8.04. The van der Waals surface area contributed by atoms with Gasteiger partial charge in [0.15, 0.2) is 0 Å². The van der Waals surface area contributed by atoms with Crippen molar-refractivity contribution in [2.45, 2.75) is 56.5 Å². The Morgan fingerprint density at radius 3 is 2.74 bits per heavy atom. The van der Waals surface area contributed by atoms with Gasteiger partial charge in [0.1, 0.15) is 17.8 Å². The highest BCUT2D eigenvalue weighted by molar-refractivity contribution is 6.35. The molecule has 208 valence electrons. The van der Waals surface area contributed by atoms with Crippen LogP contribution in [-0.2, 0) is 9.59 Å². The fraction of sp³-hybridized carbons (Fsp3) is 0.538. The summed E-state index contributed by atoms with van der Waals surface area (Å²) in [5.41, 5.74) is -0.319. The highest BCUT2D eigenvalue weighted by Gasteiger charge is 2.58. The van der Waals surface area contributed by atoms with Crippen molar-refractivity contribution in [3.05, 3.63) is 34.5 Å². The lowest BCUT2D eigenvalue weighted by Crippen LogP contribution is -2.52. The molecular formula is C26H26ClF4N5O3. The predicted octanol–water partition coefficient (Wildman–Crippen LogP) is 4.17. The Bertz CT molecular complexity index is 1360. The Balaban J connectivity index is 1.42. The number of fused-ring (bicyclic) bond motifs is 2. The number of nitrogens with zero attached hydrogens (tertiary/aromatic N) is 2. The number of likely N-dealkylation sites (tertiary alicyclic amines) is 1. The van der Waals surface area contributed by atoms with Gasteiger partial charge in [-0.2, -0.15) is 5.26 Å². The Morgan fingerprint density at radius 2 is 2.05 bits per heavy atom. The maximum Gasteiger partial charge on any atom is 0.271 e. The van der Waals surface area contributed by atoms with Crippen LogP contribution in [0.1, 0.15) is 54.6 Å². The molecule has 3 aliphatic rings. The second-order valence-electron chi connectivity index (χ2n) is 10.6. The molecule has 5 rings (SSSR count). The molecule has 39 heavy (non-hydrogen) atoms. The summed E-state index contributed by atoms with van der Waals surface area (Å²) in [7, 11) is 0. The topological polar surface area (TPSA) is 118 Å². The largest absolute Gasteiger partial charge is 0.356 e. The molecule has 1 aromatic heterocycles. The van der Waals surface area contributed by atoms with Gasteiger partial charge in [0.2, 0.25) is 17.7 Å². The van der Waals surface area contributed by atoms with Gasteiger partial charge in [-0.25, -0.2) is 17.6 Å². The Labute approximate surface area is 226 Å². The van der Waals surface area contributed by atoms with E-state index in [1.54, 1.807) is 0 Å².